The van der Waals surface area contributed by atoms with Gasteiger partial charge in [0.15, 0.2) is 0 Å². The highest BCUT2D eigenvalue weighted by atomic mass is 14.9. The average Bonchev–Trinajstić information content (AvgIpc) is 2.19. The Morgan fingerprint density at radius 2 is 1.87 bits per heavy atom. The minimum absolute atomic E-state index is 0.259. The Balaban J connectivity index is 3.18. The van der Waals surface area contributed by atoms with E-state index in [9.17, 15) is 0 Å². The lowest BCUT2D eigenvalue weighted by Crippen LogP contribution is -2.23. The number of rotatable bonds is 3. The lowest BCUT2D eigenvalue weighted by Gasteiger charge is -2.14. The fraction of sp³-hybridized carbons (Fsp3) is 0.308. The first-order valence-corrected chi connectivity index (χ1v) is 5.03. The van der Waals surface area contributed by atoms with E-state index in [1.165, 1.54) is 0 Å². The molecule has 78 valence electrons. The third-order valence-corrected chi connectivity index (χ3v) is 2.34. The number of hydrogen-bond acceptors (Lipinski definition) is 0. The van der Waals surface area contributed by atoms with Crippen LogP contribution in [0.5, 0.6) is 0 Å². The van der Waals surface area contributed by atoms with Crippen molar-refractivity contribution in [2.45, 2.75) is 20.8 Å². The normalized spacial score (nSPS) is 11.4. The Kier molecular flexibility index (Phi) is 3.59. The van der Waals surface area contributed by atoms with Gasteiger partial charge < -0.3 is 5.53 Å². The molecule has 0 N–H and O–H groups in total. The van der Waals surface area contributed by atoms with Crippen molar-refractivity contribution in [2.75, 3.05) is 0 Å². The summed E-state index contributed by atoms with van der Waals surface area (Å²) in [5.41, 5.74) is 10.5. The first kappa shape index (κ1) is 11.4. The summed E-state index contributed by atoms with van der Waals surface area (Å²) >= 11 is 0. The number of allylic oxidation sites excluding steroid dienone is 2. The molecule has 0 amide bonds. The summed E-state index contributed by atoms with van der Waals surface area (Å²) in [5.74, 6) is 0. The molecule has 2 nitrogen and oxygen atoms in total. The summed E-state index contributed by atoms with van der Waals surface area (Å²) in [6.45, 7) is 6.01. The Bertz CT molecular complexity index is 396. The number of hydrogen-bond donors (Lipinski definition) is 0. The standard InChI is InChI=1S/C13H16N2/c1-4-10-13(2,3)12(15-14)11-8-6-5-7-9-11/h4-10H,1-3H3/b10-4+. The van der Waals surface area contributed by atoms with E-state index >= 15 is 0 Å². The highest BCUT2D eigenvalue weighted by Gasteiger charge is 2.30. The summed E-state index contributed by atoms with van der Waals surface area (Å²) < 4.78 is 0. The summed E-state index contributed by atoms with van der Waals surface area (Å²) in [7, 11) is 0. The quantitative estimate of drug-likeness (QED) is 0.311. The van der Waals surface area contributed by atoms with Crippen LogP contribution < -0.4 is 0 Å². The Morgan fingerprint density at radius 3 is 2.33 bits per heavy atom. The zero-order valence-electron chi connectivity index (χ0n) is 9.44. The molecule has 0 aliphatic rings. The van der Waals surface area contributed by atoms with Gasteiger partial charge in [0.25, 0.3) is 0 Å². The van der Waals surface area contributed by atoms with Crippen molar-refractivity contribution in [1.29, 1.82) is 0 Å². The maximum atomic E-state index is 9.10. The summed E-state index contributed by atoms with van der Waals surface area (Å²) in [5, 5.41) is 0. The fourth-order valence-corrected chi connectivity index (χ4v) is 1.65. The summed E-state index contributed by atoms with van der Waals surface area (Å²) in [6, 6.07) is 9.71. The second-order valence-electron chi connectivity index (χ2n) is 4.04. The van der Waals surface area contributed by atoms with Crippen LogP contribution in [0.2, 0.25) is 0 Å². The van der Waals surface area contributed by atoms with Crippen LogP contribution in [-0.2, 0) is 0 Å². The molecule has 0 aliphatic heterocycles. The van der Waals surface area contributed by atoms with Gasteiger partial charge >= 0.3 is 5.71 Å². The topological polar surface area (TPSA) is 36.4 Å². The molecule has 0 aliphatic carbocycles. The highest BCUT2D eigenvalue weighted by Crippen LogP contribution is 2.22. The molecule has 0 saturated carbocycles. The number of benzene rings is 1. The van der Waals surface area contributed by atoms with Crippen molar-refractivity contribution in [3.8, 4) is 0 Å². The minimum atomic E-state index is -0.259. The third kappa shape index (κ3) is 2.64. The van der Waals surface area contributed by atoms with Crippen LogP contribution in [0.25, 0.3) is 5.53 Å². The van der Waals surface area contributed by atoms with Gasteiger partial charge in [0, 0.05) is 0 Å². The molecule has 1 aromatic carbocycles. The van der Waals surface area contributed by atoms with Crippen molar-refractivity contribution in [3.05, 3.63) is 53.6 Å². The van der Waals surface area contributed by atoms with Crippen molar-refractivity contribution >= 4 is 5.71 Å². The Hall–Kier alpha value is -1.66. The molecule has 1 rings (SSSR count). The zero-order valence-corrected chi connectivity index (χ0v) is 9.44. The van der Waals surface area contributed by atoms with E-state index in [1.807, 2.05) is 63.3 Å². The van der Waals surface area contributed by atoms with E-state index in [0.717, 1.165) is 5.56 Å². The van der Waals surface area contributed by atoms with Crippen LogP contribution in [0.15, 0.2) is 42.5 Å². The molecule has 0 spiro atoms. The van der Waals surface area contributed by atoms with Crippen LogP contribution in [0.4, 0.5) is 0 Å². The summed E-state index contributed by atoms with van der Waals surface area (Å²) in [6.07, 6.45) is 3.99. The second-order valence-corrected chi connectivity index (χ2v) is 4.04. The molecule has 0 radical (unpaired) electrons. The van der Waals surface area contributed by atoms with Crippen LogP contribution in [-0.4, -0.2) is 10.5 Å². The number of nitrogens with zero attached hydrogens (tertiary/aromatic N) is 2. The van der Waals surface area contributed by atoms with E-state index < -0.39 is 0 Å². The van der Waals surface area contributed by atoms with Gasteiger partial charge in [0.2, 0.25) is 0 Å². The smallest absolute Gasteiger partial charge is 0.308 e. The first-order chi connectivity index (χ1) is 7.11. The maximum Gasteiger partial charge on any atom is 0.308 e. The second kappa shape index (κ2) is 4.72. The zero-order chi connectivity index (χ0) is 11.3. The lowest BCUT2D eigenvalue weighted by atomic mass is 9.83. The van der Waals surface area contributed by atoms with E-state index in [4.69, 9.17) is 5.53 Å². The van der Waals surface area contributed by atoms with Gasteiger partial charge in [-0.25, -0.2) is 0 Å². The van der Waals surface area contributed by atoms with Crippen LogP contribution in [0.1, 0.15) is 26.3 Å². The van der Waals surface area contributed by atoms with E-state index in [-0.39, 0.29) is 5.41 Å². The fourth-order valence-electron chi connectivity index (χ4n) is 1.65. The van der Waals surface area contributed by atoms with Gasteiger partial charge in [-0.2, -0.15) is 4.79 Å². The first-order valence-electron chi connectivity index (χ1n) is 5.03. The molecule has 0 heterocycles. The van der Waals surface area contributed by atoms with Crippen molar-refractivity contribution in [3.63, 3.8) is 0 Å². The minimum Gasteiger partial charge on any atom is -0.361 e. The molecule has 1 aromatic rings. The summed E-state index contributed by atoms with van der Waals surface area (Å²) in [4.78, 5) is 3.41. The molecule has 0 atom stereocenters. The van der Waals surface area contributed by atoms with E-state index in [1.54, 1.807) is 0 Å². The monoisotopic (exact) mass is 200 g/mol. The lowest BCUT2D eigenvalue weighted by molar-refractivity contribution is -0.0139. The molecular formula is C13H16N2. The van der Waals surface area contributed by atoms with Gasteiger partial charge in [-0.15, -0.1) is 0 Å². The van der Waals surface area contributed by atoms with Crippen LogP contribution >= 0.6 is 0 Å². The molecule has 0 bridgehead atoms. The average molecular weight is 200 g/mol. The van der Waals surface area contributed by atoms with Gasteiger partial charge in [-0.05, 0) is 32.9 Å². The predicted octanol–water partition coefficient (Wildman–Crippen LogP) is 3.31. The molecule has 0 saturated heterocycles. The van der Waals surface area contributed by atoms with Gasteiger partial charge in [-0.1, -0.05) is 30.4 Å². The Labute approximate surface area is 90.9 Å². The molecule has 15 heavy (non-hydrogen) atoms. The molecular weight excluding hydrogens is 184 g/mol. The van der Waals surface area contributed by atoms with Crippen molar-refractivity contribution in [2.24, 2.45) is 5.41 Å². The van der Waals surface area contributed by atoms with E-state index in [0.29, 0.717) is 5.71 Å². The Morgan fingerprint density at radius 1 is 1.27 bits per heavy atom. The van der Waals surface area contributed by atoms with Gasteiger partial charge in [0.1, 0.15) is 0 Å². The molecule has 2 heteroatoms. The molecule has 0 aromatic heterocycles. The van der Waals surface area contributed by atoms with E-state index in [2.05, 4.69) is 4.79 Å². The largest absolute Gasteiger partial charge is 0.361 e. The van der Waals surface area contributed by atoms with Crippen molar-refractivity contribution in [1.82, 2.24) is 0 Å². The predicted molar refractivity (Wildman–Crippen MR) is 62.8 cm³/mol. The highest BCUT2D eigenvalue weighted by molar-refractivity contribution is 6.01. The van der Waals surface area contributed by atoms with Crippen LogP contribution in [0.3, 0.4) is 0 Å². The van der Waals surface area contributed by atoms with Gasteiger partial charge in [-0.3, -0.25) is 0 Å². The van der Waals surface area contributed by atoms with Gasteiger partial charge in [0.05, 0.1) is 11.0 Å². The SMILES string of the molecule is C/C=C/C(C)(C)C(=[N+]=[N-])c1ccccc1. The maximum absolute atomic E-state index is 9.10. The molecule has 0 unspecified atom stereocenters. The third-order valence-electron chi connectivity index (χ3n) is 2.34. The van der Waals surface area contributed by atoms with Crippen molar-refractivity contribution < 1.29 is 4.79 Å². The molecule has 0 fully saturated rings. The van der Waals surface area contributed by atoms with Crippen LogP contribution in [0, 0.1) is 5.41 Å².